The lowest BCUT2D eigenvalue weighted by molar-refractivity contribution is -0.654. The summed E-state index contributed by atoms with van der Waals surface area (Å²) in [6.07, 6.45) is 3.65. The summed E-state index contributed by atoms with van der Waals surface area (Å²) >= 11 is 0. The van der Waals surface area contributed by atoms with Gasteiger partial charge >= 0.3 is 6.85 Å². The number of furan rings is 1. The number of pyridine rings is 2. The number of hydrogen-bond acceptors (Lipinski definition) is 3. The van der Waals surface area contributed by atoms with Gasteiger partial charge in [-0.1, -0.05) is 30.3 Å². The van der Waals surface area contributed by atoms with Crippen molar-refractivity contribution in [2.24, 2.45) is 7.05 Å². The fourth-order valence-electron chi connectivity index (χ4n) is 4.35. The Bertz CT molecular complexity index is 1610. The lowest BCUT2D eigenvalue weighted by Gasteiger charge is -2.24. The summed E-state index contributed by atoms with van der Waals surface area (Å²) in [5.74, 6) is 0. The Morgan fingerprint density at radius 1 is 1.13 bits per heavy atom. The molecule has 1 aliphatic heterocycles. The van der Waals surface area contributed by atoms with E-state index in [2.05, 4.69) is 9.79 Å². The number of rotatable bonds is 2. The van der Waals surface area contributed by atoms with Crippen LogP contribution in [0, 0.1) is 13.7 Å². The molecule has 5 heteroatoms. The lowest BCUT2D eigenvalue weighted by Crippen LogP contribution is -2.62. The van der Waals surface area contributed by atoms with E-state index in [0.29, 0.717) is 11.0 Å². The Kier molecular flexibility index (Phi) is 2.99. The summed E-state index contributed by atoms with van der Waals surface area (Å²) in [4.78, 5) is 6.33. The maximum absolute atomic E-state index is 8.11. The number of hydrogen-bond donors (Lipinski definition) is 0. The standard InChI is InChI=1S/C25H25BN3O/c1-16-14-28(4)23(13-21(16)19-9-7-6-8-10-19)26-18(3)24-22(15-29(26)5)20-12-11-17(2)27-25(20)30-24/h6-15H,1-5H3/q+1/i1D3,2D3. The molecule has 0 radical (unpaired) electrons. The second-order valence-electron chi connectivity index (χ2n) is 7.78. The van der Waals surface area contributed by atoms with Gasteiger partial charge in [0.2, 0.25) is 5.71 Å². The highest BCUT2D eigenvalue weighted by Crippen LogP contribution is 2.22. The predicted octanol–water partition coefficient (Wildman–Crippen LogP) is 2.23. The summed E-state index contributed by atoms with van der Waals surface area (Å²) in [5.41, 5.74) is 4.49. The molecule has 30 heavy (non-hydrogen) atoms. The molecule has 0 spiro atoms. The molecule has 4 aromatic rings. The summed E-state index contributed by atoms with van der Waals surface area (Å²) < 4.78 is 55.3. The topological polar surface area (TPSA) is 33.1 Å². The number of aryl methyl sites for hydroxylation is 3. The molecule has 0 amide bonds. The minimum absolute atomic E-state index is 0.0113. The molecule has 1 aliphatic rings. The Labute approximate surface area is 185 Å². The second kappa shape index (κ2) is 6.87. The highest BCUT2D eigenvalue weighted by molar-refractivity contribution is 6.85. The van der Waals surface area contributed by atoms with Crippen LogP contribution in [0.25, 0.3) is 33.9 Å². The van der Waals surface area contributed by atoms with E-state index in [1.165, 1.54) is 6.07 Å². The van der Waals surface area contributed by atoms with Crippen molar-refractivity contribution in [3.63, 3.8) is 0 Å². The van der Waals surface area contributed by atoms with E-state index in [4.69, 9.17) is 12.6 Å². The molecule has 5 rings (SSSR count). The Balaban J connectivity index is 1.73. The number of aromatic nitrogens is 2. The van der Waals surface area contributed by atoms with Crippen molar-refractivity contribution in [1.82, 2.24) is 9.79 Å². The van der Waals surface area contributed by atoms with Crippen molar-refractivity contribution in [2.75, 3.05) is 7.05 Å². The number of nitrogens with zero attached hydrogens (tertiary/aromatic N) is 3. The SMILES string of the molecule is [2H]C([2H])([2H])c1ccc2c3c(oc2n1)=C(C)B(c1cc(-c2ccccc2)c(C([2H])([2H])[2H])c[n+]1C)N(C)C=3. The highest BCUT2D eigenvalue weighted by Gasteiger charge is 2.36. The van der Waals surface area contributed by atoms with Crippen LogP contribution in [0.15, 0.2) is 59.1 Å². The Hall–Kier alpha value is -3.34. The highest BCUT2D eigenvalue weighted by atomic mass is 16.3. The number of benzene rings is 1. The summed E-state index contributed by atoms with van der Waals surface area (Å²) in [7, 11) is 3.80. The molecule has 0 unspecified atom stereocenters. The van der Waals surface area contributed by atoms with Gasteiger partial charge in [0, 0.05) is 36.2 Å². The Morgan fingerprint density at radius 3 is 2.73 bits per heavy atom. The fourth-order valence-corrected chi connectivity index (χ4v) is 4.35. The van der Waals surface area contributed by atoms with Crippen LogP contribution < -0.4 is 20.8 Å². The van der Waals surface area contributed by atoms with Crippen molar-refractivity contribution < 1.29 is 17.2 Å². The van der Waals surface area contributed by atoms with Crippen molar-refractivity contribution >= 4 is 35.2 Å². The van der Waals surface area contributed by atoms with E-state index in [1.807, 2.05) is 68.2 Å². The zero-order valence-electron chi connectivity index (χ0n) is 23.1. The van der Waals surface area contributed by atoms with Gasteiger partial charge < -0.3 is 9.23 Å². The van der Waals surface area contributed by atoms with Crippen molar-refractivity contribution in [3.8, 4) is 11.1 Å². The van der Waals surface area contributed by atoms with Gasteiger partial charge in [-0.25, -0.2) is 9.55 Å². The normalized spacial score (nSPS) is 17.4. The van der Waals surface area contributed by atoms with Gasteiger partial charge in [0.15, 0.2) is 11.8 Å². The zero-order valence-corrected chi connectivity index (χ0v) is 17.1. The van der Waals surface area contributed by atoms with E-state index < -0.39 is 13.7 Å². The molecule has 4 nitrogen and oxygen atoms in total. The van der Waals surface area contributed by atoms with Gasteiger partial charge in [0.05, 0.1) is 0 Å². The van der Waals surface area contributed by atoms with Gasteiger partial charge in [0.1, 0.15) is 12.5 Å². The average Bonchev–Trinajstić information content (AvgIpc) is 3.17. The maximum Gasteiger partial charge on any atom is 0.402 e. The molecule has 0 bridgehead atoms. The molecule has 148 valence electrons. The molecule has 4 heterocycles. The van der Waals surface area contributed by atoms with Gasteiger partial charge in [-0.3, -0.25) is 0 Å². The summed E-state index contributed by atoms with van der Waals surface area (Å²) in [5, 5.41) is 1.59. The molecule has 0 aliphatic carbocycles. The van der Waals surface area contributed by atoms with Crippen LogP contribution in [0.3, 0.4) is 0 Å². The van der Waals surface area contributed by atoms with Crippen LogP contribution in [0.2, 0.25) is 0 Å². The van der Waals surface area contributed by atoms with Crippen LogP contribution >= 0.6 is 0 Å². The maximum atomic E-state index is 8.11. The molecule has 0 saturated carbocycles. The smallest absolute Gasteiger partial charge is 0.402 e. The fraction of sp³-hybridized carbons (Fsp3) is 0.200. The van der Waals surface area contributed by atoms with Crippen LogP contribution in [-0.2, 0) is 7.05 Å². The first-order valence-corrected chi connectivity index (χ1v) is 9.80. The zero-order chi connectivity index (χ0) is 26.0. The van der Waals surface area contributed by atoms with Crippen LogP contribution in [-0.4, -0.2) is 23.7 Å². The van der Waals surface area contributed by atoms with Gasteiger partial charge in [0.25, 0.3) is 0 Å². The van der Waals surface area contributed by atoms with E-state index >= 15 is 0 Å². The minimum atomic E-state index is -2.32. The quantitative estimate of drug-likeness (QED) is 0.382. The first kappa shape index (κ1) is 13.1. The third-order valence-electron chi connectivity index (χ3n) is 5.78. The third-order valence-corrected chi connectivity index (χ3v) is 5.78. The summed E-state index contributed by atoms with van der Waals surface area (Å²) in [6, 6.07) is 14.7. The molecule has 0 saturated heterocycles. The van der Waals surface area contributed by atoms with E-state index in [0.717, 1.165) is 27.2 Å². The largest absolute Gasteiger partial charge is 0.438 e. The van der Waals surface area contributed by atoms with E-state index in [1.54, 1.807) is 12.3 Å². The second-order valence-corrected chi connectivity index (χ2v) is 7.78. The molecular formula is C25H25BN3O+. The van der Waals surface area contributed by atoms with Gasteiger partial charge in [-0.2, -0.15) is 0 Å². The van der Waals surface area contributed by atoms with Crippen LogP contribution in [0.1, 0.15) is 26.4 Å². The Morgan fingerprint density at radius 2 is 1.97 bits per heavy atom. The minimum Gasteiger partial charge on any atom is -0.438 e. The predicted molar refractivity (Wildman–Crippen MR) is 122 cm³/mol. The first-order valence-electron chi connectivity index (χ1n) is 12.8. The van der Waals surface area contributed by atoms with Crippen LogP contribution in [0.5, 0.6) is 0 Å². The monoisotopic (exact) mass is 400 g/mol. The van der Waals surface area contributed by atoms with Crippen molar-refractivity contribution in [3.05, 3.63) is 76.6 Å². The lowest BCUT2D eigenvalue weighted by atomic mass is 9.50. The third kappa shape index (κ3) is 2.85. The average molecular weight is 400 g/mol. The van der Waals surface area contributed by atoms with Gasteiger partial charge in [-0.15, -0.1) is 0 Å². The van der Waals surface area contributed by atoms with Crippen LogP contribution in [0.4, 0.5) is 0 Å². The molecule has 3 aromatic heterocycles. The summed E-state index contributed by atoms with van der Waals surface area (Å²) in [6.45, 7) is -2.86. The van der Waals surface area contributed by atoms with E-state index in [9.17, 15) is 0 Å². The molecular weight excluding hydrogens is 369 g/mol. The van der Waals surface area contributed by atoms with Crippen molar-refractivity contribution in [2.45, 2.75) is 20.6 Å². The molecule has 0 N–H and O–H groups in total. The van der Waals surface area contributed by atoms with Gasteiger partial charge in [-0.05, 0) is 62.6 Å². The first-order chi connectivity index (χ1) is 16.9. The molecule has 0 atom stereocenters. The molecule has 0 fully saturated rings. The molecule has 1 aromatic carbocycles. The van der Waals surface area contributed by atoms with Crippen molar-refractivity contribution in [1.29, 1.82) is 0 Å². The van der Waals surface area contributed by atoms with E-state index in [-0.39, 0.29) is 23.8 Å². The number of fused-ring (bicyclic) bond motifs is 3.